The molecule has 0 radical (unpaired) electrons. The van der Waals surface area contributed by atoms with Crippen molar-refractivity contribution in [3.63, 3.8) is 0 Å². The van der Waals surface area contributed by atoms with E-state index in [0.29, 0.717) is 0 Å². The van der Waals surface area contributed by atoms with Gasteiger partial charge in [-0.1, -0.05) is 24.3 Å². The van der Waals surface area contributed by atoms with Gasteiger partial charge in [0.2, 0.25) is 0 Å². The molecule has 0 aliphatic rings. The van der Waals surface area contributed by atoms with Crippen LogP contribution in [0.1, 0.15) is 13.8 Å². The van der Waals surface area contributed by atoms with Crippen molar-refractivity contribution < 1.29 is 4.74 Å². The predicted molar refractivity (Wildman–Crippen MR) is 44.7 cm³/mol. The summed E-state index contributed by atoms with van der Waals surface area (Å²) in [6, 6.07) is 0. The summed E-state index contributed by atoms with van der Waals surface area (Å²) in [5, 5.41) is 0. The summed E-state index contributed by atoms with van der Waals surface area (Å²) in [4.78, 5) is 0. The normalized spacial score (nSPS) is 12.1. The minimum atomic E-state index is 1.05. The second-order valence-electron chi connectivity index (χ2n) is 2.28. The van der Waals surface area contributed by atoms with E-state index in [0.717, 1.165) is 11.1 Å². The molecule has 0 rings (SSSR count). The Morgan fingerprint density at radius 1 is 1.30 bits per heavy atom. The van der Waals surface area contributed by atoms with Crippen LogP contribution < -0.4 is 0 Å². The summed E-state index contributed by atoms with van der Waals surface area (Å²) < 4.78 is 4.79. The first-order valence-electron chi connectivity index (χ1n) is 3.20. The SMILES string of the molecule is C=C(C)/C=C\C(C)=C/OC. The maximum absolute atomic E-state index is 4.79. The second kappa shape index (κ2) is 4.86. The Morgan fingerprint density at radius 2 is 1.90 bits per heavy atom. The summed E-state index contributed by atoms with van der Waals surface area (Å²) in [5.41, 5.74) is 2.13. The third-order valence-corrected chi connectivity index (χ3v) is 0.934. The topological polar surface area (TPSA) is 9.23 Å². The highest BCUT2D eigenvalue weighted by atomic mass is 16.5. The molecule has 0 heterocycles. The fraction of sp³-hybridized carbons (Fsp3) is 0.333. The fourth-order valence-electron chi connectivity index (χ4n) is 0.499. The summed E-state index contributed by atoms with van der Waals surface area (Å²) in [6.07, 6.45) is 5.61. The molecule has 0 aromatic rings. The molecule has 0 fully saturated rings. The van der Waals surface area contributed by atoms with E-state index in [9.17, 15) is 0 Å². The van der Waals surface area contributed by atoms with Gasteiger partial charge in [-0.05, 0) is 19.4 Å². The van der Waals surface area contributed by atoms with Gasteiger partial charge in [0.15, 0.2) is 0 Å². The van der Waals surface area contributed by atoms with Gasteiger partial charge in [0.1, 0.15) is 0 Å². The van der Waals surface area contributed by atoms with E-state index in [4.69, 9.17) is 4.74 Å². The Kier molecular flexibility index (Phi) is 4.38. The molecule has 0 N–H and O–H groups in total. The van der Waals surface area contributed by atoms with E-state index in [-0.39, 0.29) is 0 Å². The summed E-state index contributed by atoms with van der Waals surface area (Å²) in [6.45, 7) is 7.66. The molecule has 0 saturated heterocycles. The van der Waals surface area contributed by atoms with Gasteiger partial charge in [-0.25, -0.2) is 0 Å². The lowest BCUT2D eigenvalue weighted by atomic mass is 10.2. The van der Waals surface area contributed by atoms with E-state index in [1.165, 1.54) is 0 Å². The first kappa shape index (κ1) is 9.02. The molecular weight excluding hydrogens is 124 g/mol. The average Bonchev–Trinajstić information content (AvgIpc) is 1.85. The van der Waals surface area contributed by atoms with Crippen LogP contribution in [0.5, 0.6) is 0 Å². The number of rotatable bonds is 3. The minimum absolute atomic E-state index is 1.05. The lowest BCUT2D eigenvalue weighted by molar-refractivity contribution is 0.335. The Morgan fingerprint density at radius 3 is 2.30 bits per heavy atom. The van der Waals surface area contributed by atoms with E-state index in [2.05, 4.69) is 6.58 Å². The molecule has 0 bridgehead atoms. The highest BCUT2D eigenvalue weighted by molar-refractivity contribution is 5.22. The van der Waals surface area contributed by atoms with Crippen LogP contribution in [0, 0.1) is 0 Å². The molecule has 10 heavy (non-hydrogen) atoms. The average molecular weight is 138 g/mol. The molecule has 0 aromatic heterocycles. The largest absolute Gasteiger partial charge is 0.504 e. The van der Waals surface area contributed by atoms with Crippen LogP contribution in [0.2, 0.25) is 0 Å². The number of ether oxygens (including phenoxy) is 1. The van der Waals surface area contributed by atoms with Gasteiger partial charge in [0.25, 0.3) is 0 Å². The zero-order valence-corrected chi connectivity index (χ0v) is 6.85. The highest BCUT2D eigenvalue weighted by Crippen LogP contribution is 1.97. The monoisotopic (exact) mass is 138 g/mol. The maximum Gasteiger partial charge on any atom is 0.0853 e. The smallest absolute Gasteiger partial charge is 0.0853 e. The summed E-state index contributed by atoms with van der Waals surface area (Å²) in [7, 11) is 1.64. The molecule has 0 spiro atoms. The van der Waals surface area contributed by atoms with Gasteiger partial charge in [-0.3, -0.25) is 0 Å². The van der Waals surface area contributed by atoms with Gasteiger partial charge in [-0.15, -0.1) is 0 Å². The Balaban J connectivity index is 3.89. The number of methoxy groups -OCH3 is 1. The van der Waals surface area contributed by atoms with Crippen molar-refractivity contribution in [2.45, 2.75) is 13.8 Å². The van der Waals surface area contributed by atoms with Crippen LogP contribution >= 0.6 is 0 Å². The van der Waals surface area contributed by atoms with Gasteiger partial charge in [0.05, 0.1) is 13.4 Å². The van der Waals surface area contributed by atoms with Crippen molar-refractivity contribution in [1.29, 1.82) is 0 Å². The third kappa shape index (κ3) is 5.16. The van der Waals surface area contributed by atoms with E-state index >= 15 is 0 Å². The quantitative estimate of drug-likeness (QED) is 0.430. The van der Waals surface area contributed by atoms with Crippen molar-refractivity contribution >= 4 is 0 Å². The van der Waals surface area contributed by atoms with Gasteiger partial charge < -0.3 is 4.74 Å². The molecule has 0 aliphatic heterocycles. The zero-order chi connectivity index (χ0) is 7.98. The number of allylic oxidation sites excluding steroid dienone is 4. The molecule has 1 heteroatoms. The summed E-state index contributed by atoms with van der Waals surface area (Å²) in [5.74, 6) is 0. The molecule has 0 saturated carbocycles. The van der Waals surface area contributed by atoms with Crippen molar-refractivity contribution in [1.82, 2.24) is 0 Å². The molecule has 0 amide bonds. The zero-order valence-electron chi connectivity index (χ0n) is 6.85. The highest BCUT2D eigenvalue weighted by Gasteiger charge is 1.79. The van der Waals surface area contributed by atoms with Crippen LogP contribution in [0.4, 0.5) is 0 Å². The lowest BCUT2D eigenvalue weighted by Crippen LogP contribution is -1.71. The molecular formula is C9H14O. The fourth-order valence-corrected chi connectivity index (χ4v) is 0.499. The molecule has 1 nitrogen and oxygen atoms in total. The lowest BCUT2D eigenvalue weighted by Gasteiger charge is -1.90. The van der Waals surface area contributed by atoms with Crippen LogP contribution in [0.3, 0.4) is 0 Å². The van der Waals surface area contributed by atoms with Crippen molar-refractivity contribution in [3.05, 3.63) is 36.1 Å². The maximum atomic E-state index is 4.79. The molecule has 56 valence electrons. The van der Waals surface area contributed by atoms with Gasteiger partial charge in [-0.2, -0.15) is 0 Å². The Bertz CT molecular complexity index is 164. The van der Waals surface area contributed by atoms with Crippen LogP contribution in [-0.4, -0.2) is 7.11 Å². The standard InChI is InChI=1S/C9H14O/c1-8(2)5-6-9(3)7-10-4/h5-7H,1H2,2-4H3/b6-5-,9-7-. The number of hydrogen-bond donors (Lipinski definition) is 0. The predicted octanol–water partition coefficient (Wildman–Crippen LogP) is 2.67. The Hall–Kier alpha value is -0.980. The van der Waals surface area contributed by atoms with E-state index in [1.807, 2.05) is 26.0 Å². The van der Waals surface area contributed by atoms with Crippen molar-refractivity contribution in [2.24, 2.45) is 0 Å². The van der Waals surface area contributed by atoms with Crippen LogP contribution in [0.15, 0.2) is 36.1 Å². The molecule has 0 aromatic carbocycles. The van der Waals surface area contributed by atoms with Crippen molar-refractivity contribution in [2.75, 3.05) is 7.11 Å². The summed E-state index contributed by atoms with van der Waals surface area (Å²) >= 11 is 0. The van der Waals surface area contributed by atoms with Crippen LogP contribution in [-0.2, 0) is 4.74 Å². The third-order valence-electron chi connectivity index (χ3n) is 0.934. The molecule has 0 aliphatic carbocycles. The van der Waals surface area contributed by atoms with Gasteiger partial charge in [0, 0.05) is 0 Å². The molecule has 0 atom stereocenters. The second-order valence-corrected chi connectivity index (χ2v) is 2.28. The number of hydrogen-bond acceptors (Lipinski definition) is 1. The van der Waals surface area contributed by atoms with E-state index < -0.39 is 0 Å². The minimum Gasteiger partial charge on any atom is -0.504 e. The Labute approximate surface area is 62.7 Å². The first-order valence-corrected chi connectivity index (χ1v) is 3.20. The van der Waals surface area contributed by atoms with Crippen LogP contribution in [0.25, 0.3) is 0 Å². The first-order chi connectivity index (χ1) is 4.66. The molecule has 0 unspecified atom stereocenters. The van der Waals surface area contributed by atoms with E-state index in [1.54, 1.807) is 13.4 Å². The van der Waals surface area contributed by atoms with Gasteiger partial charge >= 0.3 is 0 Å². The van der Waals surface area contributed by atoms with Crippen molar-refractivity contribution in [3.8, 4) is 0 Å².